The monoisotopic (exact) mass is 361 g/mol. The maximum Gasteiger partial charge on any atom is 0.267 e. The van der Waals surface area contributed by atoms with Crippen LogP contribution in [0.2, 0.25) is 5.02 Å². The minimum absolute atomic E-state index is 0.140. The van der Waals surface area contributed by atoms with Gasteiger partial charge in [-0.3, -0.25) is 9.78 Å². The van der Waals surface area contributed by atoms with Crippen LogP contribution in [-0.4, -0.2) is 40.6 Å². The Kier molecular flexibility index (Phi) is 5.45. The van der Waals surface area contributed by atoms with Crippen LogP contribution >= 0.6 is 11.6 Å². The van der Waals surface area contributed by atoms with Crippen molar-refractivity contribution in [2.75, 3.05) is 25.1 Å². The average Bonchev–Trinajstić information content (AvgIpc) is 2.62. The lowest BCUT2D eigenvalue weighted by molar-refractivity contribution is 0.0699. The molecule has 25 heavy (non-hydrogen) atoms. The molecule has 3 heterocycles. The van der Waals surface area contributed by atoms with Crippen LogP contribution in [0.25, 0.3) is 11.3 Å². The minimum atomic E-state index is -0.614. The zero-order chi connectivity index (χ0) is 17.8. The van der Waals surface area contributed by atoms with Crippen molar-refractivity contribution in [3.63, 3.8) is 0 Å². The van der Waals surface area contributed by atoms with Gasteiger partial charge in [0.2, 0.25) is 0 Å². The third kappa shape index (κ3) is 4.24. The highest BCUT2D eigenvalue weighted by molar-refractivity contribution is 6.33. The highest BCUT2D eigenvalue weighted by atomic mass is 35.5. The van der Waals surface area contributed by atoms with E-state index in [2.05, 4.69) is 20.3 Å². The van der Waals surface area contributed by atoms with Crippen molar-refractivity contribution in [2.45, 2.75) is 19.8 Å². The molecule has 0 saturated carbocycles. The summed E-state index contributed by atoms with van der Waals surface area (Å²) >= 11 is 6.24. The molecule has 3 rings (SSSR count). The van der Waals surface area contributed by atoms with Gasteiger partial charge in [-0.25, -0.2) is 9.97 Å². The number of anilines is 1. The first-order valence-electron chi connectivity index (χ1n) is 8.15. The average molecular weight is 362 g/mol. The van der Waals surface area contributed by atoms with Crippen molar-refractivity contribution in [1.82, 2.24) is 15.0 Å². The highest BCUT2D eigenvalue weighted by Gasteiger charge is 2.16. The molecule has 0 radical (unpaired) electrons. The zero-order valence-corrected chi connectivity index (χ0v) is 14.7. The molecule has 7 nitrogen and oxygen atoms in total. The van der Waals surface area contributed by atoms with Crippen molar-refractivity contribution in [3.05, 3.63) is 34.9 Å². The largest absolute Gasteiger partial charge is 0.381 e. The van der Waals surface area contributed by atoms with E-state index in [9.17, 15) is 4.79 Å². The predicted molar refractivity (Wildman–Crippen MR) is 95.6 cm³/mol. The highest BCUT2D eigenvalue weighted by Crippen LogP contribution is 2.29. The summed E-state index contributed by atoms with van der Waals surface area (Å²) in [4.78, 5) is 24.3. The Morgan fingerprint density at radius 2 is 2.12 bits per heavy atom. The first-order valence-corrected chi connectivity index (χ1v) is 8.53. The summed E-state index contributed by atoms with van der Waals surface area (Å²) in [6.45, 7) is 4.27. The molecule has 0 aliphatic carbocycles. The molecule has 8 heteroatoms. The molecule has 132 valence electrons. The Morgan fingerprint density at radius 1 is 1.36 bits per heavy atom. The van der Waals surface area contributed by atoms with E-state index in [1.54, 1.807) is 12.3 Å². The normalized spacial score (nSPS) is 15.1. The number of rotatable bonds is 5. The number of hydrogen-bond donors (Lipinski definition) is 2. The van der Waals surface area contributed by atoms with Gasteiger partial charge in [-0.2, -0.15) is 0 Å². The van der Waals surface area contributed by atoms with Gasteiger partial charge in [0.1, 0.15) is 11.5 Å². The standard InChI is InChI=1S/C17H20ClN5O2/c1-10-16(12-6-14(17(19)24)21-8-13(12)18)23-15(9-20-10)22-7-11-2-4-25-5-3-11/h6,8-9,11H,2-5,7H2,1H3,(H2,19,24)(H,22,23). The molecule has 1 amide bonds. The van der Waals surface area contributed by atoms with Gasteiger partial charge in [-0.05, 0) is 31.7 Å². The molecule has 0 unspecified atom stereocenters. The van der Waals surface area contributed by atoms with Gasteiger partial charge in [0.05, 0.1) is 22.6 Å². The molecular formula is C17H20ClN5O2. The number of nitrogens with two attached hydrogens (primary N) is 1. The first-order chi connectivity index (χ1) is 12.0. The van der Waals surface area contributed by atoms with Crippen LogP contribution in [0.15, 0.2) is 18.5 Å². The van der Waals surface area contributed by atoms with E-state index in [0.717, 1.165) is 32.6 Å². The molecule has 3 N–H and O–H groups in total. The molecule has 0 spiro atoms. The van der Waals surface area contributed by atoms with E-state index in [1.807, 2.05) is 6.92 Å². The van der Waals surface area contributed by atoms with Crippen molar-refractivity contribution in [2.24, 2.45) is 11.7 Å². The number of pyridine rings is 1. The van der Waals surface area contributed by atoms with Gasteiger partial charge >= 0.3 is 0 Å². The number of primary amides is 1. The van der Waals surface area contributed by atoms with Crippen LogP contribution in [-0.2, 0) is 4.74 Å². The van der Waals surface area contributed by atoms with Crippen molar-refractivity contribution < 1.29 is 9.53 Å². The lowest BCUT2D eigenvalue weighted by atomic mass is 10.0. The second-order valence-corrected chi connectivity index (χ2v) is 6.45. The van der Waals surface area contributed by atoms with E-state index in [0.29, 0.717) is 33.7 Å². The third-order valence-electron chi connectivity index (χ3n) is 4.23. The van der Waals surface area contributed by atoms with Crippen LogP contribution in [0, 0.1) is 12.8 Å². The van der Waals surface area contributed by atoms with Gasteiger partial charge in [-0.1, -0.05) is 11.6 Å². The molecule has 0 atom stereocenters. The fourth-order valence-electron chi connectivity index (χ4n) is 2.74. The van der Waals surface area contributed by atoms with Gasteiger partial charge in [0.15, 0.2) is 0 Å². The van der Waals surface area contributed by atoms with Crippen LogP contribution in [0.5, 0.6) is 0 Å². The summed E-state index contributed by atoms with van der Waals surface area (Å²) < 4.78 is 5.37. The molecular weight excluding hydrogens is 342 g/mol. The second kappa shape index (κ2) is 7.76. The van der Waals surface area contributed by atoms with E-state index < -0.39 is 5.91 Å². The number of carbonyl (C=O) groups is 1. The molecule has 1 aliphatic rings. The Bertz CT molecular complexity index is 778. The summed E-state index contributed by atoms with van der Waals surface area (Å²) in [6, 6.07) is 1.55. The zero-order valence-electron chi connectivity index (χ0n) is 14.0. The molecule has 1 saturated heterocycles. The predicted octanol–water partition coefficient (Wildman–Crippen LogP) is 2.44. The second-order valence-electron chi connectivity index (χ2n) is 6.04. The lowest BCUT2D eigenvalue weighted by Gasteiger charge is -2.22. The number of amides is 1. The number of halogens is 1. The van der Waals surface area contributed by atoms with Crippen LogP contribution in [0.1, 0.15) is 29.0 Å². The molecule has 2 aromatic rings. The van der Waals surface area contributed by atoms with Crippen molar-refractivity contribution in [1.29, 1.82) is 0 Å². The van der Waals surface area contributed by atoms with Crippen LogP contribution < -0.4 is 11.1 Å². The summed E-state index contributed by atoms with van der Waals surface area (Å²) in [5.74, 6) is 0.615. The Balaban J connectivity index is 1.84. The number of nitrogens with zero attached hydrogens (tertiary/aromatic N) is 3. The van der Waals surface area contributed by atoms with E-state index in [-0.39, 0.29) is 5.69 Å². The number of nitrogens with one attached hydrogen (secondary N) is 1. The van der Waals surface area contributed by atoms with Crippen LogP contribution in [0.3, 0.4) is 0 Å². The molecule has 0 aromatic carbocycles. The van der Waals surface area contributed by atoms with Gasteiger partial charge in [0, 0.05) is 31.5 Å². The fraction of sp³-hybridized carbons (Fsp3) is 0.412. The summed E-state index contributed by atoms with van der Waals surface area (Å²) in [5, 5.41) is 3.72. The van der Waals surface area contributed by atoms with Gasteiger partial charge in [-0.15, -0.1) is 0 Å². The number of aryl methyl sites for hydroxylation is 1. The minimum Gasteiger partial charge on any atom is -0.381 e. The van der Waals surface area contributed by atoms with Crippen molar-refractivity contribution in [3.8, 4) is 11.3 Å². The maximum absolute atomic E-state index is 11.4. The molecule has 1 aliphatic heterocycles. The van der Waals surface area contributed by atoms with Gasteiger partial charge < -0.3 is 15.8 Å². The maximum atomic E-state index is 11.4. The molecule has 0 bridgehead atoms. The number of hydrogen-bond acceptors (Lipinski definition) is 6. The quantitative estimate of drug-likeness (QED) is 0.847. The number of aromatic nitrogens is 3. The summed E-state index contributed by atoms with van der Waals surface area (Å²) in [5.41, 5.74) is 7.35. The first kappa shape index (κ1) is 17.6. The van der Waals surface area contributed by atoms with E-state index in [1.165, 1.54) is 6.20 Å². The third-order valence-corrected chi connectivity index (χ3v) is 4.53. The van der Waals surface area contributed by atoms with Crippen molar-refractivity contribution >= 4 is 23.3 Å². The van der Waals surface area contributed by atoms with E-state index in [4.69, 9.17) is 22.1 Å². The van der Waals surface area contributed by atoms with Gasteiger partial charge in [0.25, 0.3) is 5.91 Å². The lowest BCUT2D eigenvalue weighted by Crippen LogP contribution is -2.23. The Hall–Kier alpha value is -2.25. The molecule has 1 fully saturated rings. The topological polar surface area (TPSA) is 103 Å². The SMILES string of the molecule is Cc1ncc(NCC2CCOCC2)nc1-c1cc(C(N)=O)ncc1Cl. The number of ether oxygens (including phenoxy) is 1. The smallest absolute Gasteiger partial charge is 0.267 e. The fourth-order valence-corrected chi connectivity index (χ4v) is 2.94. The Morgan fingerprint density at radius 3 is 2.84 bits per heavy atom. The van der Waals surface area contributed by atoms with Crippen LogP contribution in [0.4, 0.5) is 5.82 Å². The summed E-state index contributed by atoms with van der Waals surface area (Å²) in [7, 11) is 0. The van der Waals surface area contributed by atoms with E-state index >= 15 is 0 Å². The Labute approximate surface area is 151 Å². The number of carbonyl (C=O) groups excluding carboxylic acids is 1. The molecule has 2 aromatic heterocycles. The summed E-state index contributed by atoms with van der Waals surface area (Å²) in [6.07, 6.45) is 5.18.